The van der Waals surface area contributed by atoms with Crippen molar-refractivity contribution in [2.45, 2.75) is 32.5 Å². The Hall–Kier alpha value is -2.68. The number of hydrogen-bond donors (Lipinski definition) is 1. The van der Waals surface area contributed by atoms with Crippen molar-refractivity contribution in [2.75, 3.05) is 58.8 Å². The van der Waals surface area contributed by atoms with E-state index in [0.29, 0.717) is 24.6 Å². The second kappa shape index (κ2) is 8.45. The molecule has 0 bridgehead atoms. The van der Waals surface area contributed by atoms with Crippen LogP contribution in [0, 0.1) is 5.92 Å². The first-order valence-electron chi connectivity index (χ1n) is 10.7. The molecule has 3 heterocycles. The third-order valence-electron chi connectivity index (χ3n) is 5.86. The molecule has 0 aliphatic carbocycles. The van der Waals surface area contributed by atoms with E-state index in [1.807, 2.05) is 32.9 Å². The summed E-state index contributed by atoms with van der Waals surface area (Å²) in [4.78, 5) is 22.2. The molecule has 1 aromatic carbocycles. The number of nitrogens with zero attached hydrogens (tertiary/aromatic N) is 3. The van der Waals surface area contributed by atoms with Gasteiger partial charge in [0.25, 0.3) is 0 Å². The lowest BCUT2D eigenvalue weighted by Crippen LogP contribution is -2.52. The zero-order chi connectivity index (χ0) is 22.2. The number of amides is 1. The Morgan fingerprint density at radius 2 is 1.84 bits per heavy atom. The van der Waals surface area contributed by atoms with Gasteiger partial charge in [0.05, 0.1) is 25.8 Å². The van der Waals surface area contributed by atoms with Crippen LogP contribution in [-0.2, 0) is 9.57 Å². The number of nitrogens with one attached hydrogen (secondary N) is 1. The number of benzene rings is 1. The predicted molar refractivity (Wildman–Crippen MR) is 117 cm³/mol. The summed E-state index contributed by atoms with van der Waals surface area (Å²) in [6.07, 6.45) is -0.274. The maximum atomic E-state index is 12.3. The fourth-order valence-corrected chi connectivity index (χ4v) is 4.23. The smallest absolute Gasteiger partial charge is 0.410 e. The summed E-state index contributed by atoms with van der Waals surface area (Å²) in [5.74, 6) is 1.52. The first kappa shape index (κ1) is 21.5. The Labute approximate surface area is 183 Å². The number of carbonyl (C=O) groups is 1. The van der Waals surface area contributed by atoms with Crippen molar-refractivity contribution in [2.24, 2.45) is 11.1 Å². The zero-order valence-corrected chi connectivity index (χ0v) is 18.9. The van der Waals surface area contributed by atoms with Crippen LogP contribution < -0.4 is 14.8 Å². The summed E-state index contributed by atoms with van der Waals surface area (Å²) in [6.45, 7) is 10.1. The van der Waals surface area contributed by atoms with Crippen LogP contribution in [0.5, 0.6) is 11.5 Å². The first-order chi connectivity index (χ1) is 14.8. The highest BCUT2D eigenvalue weighted by atomic mass is 16.6. The maximum Gasteiger partial charge on any atom is 0.410 e. The normalized spacial score (nSPS) is 23.1. The van der Waals surface area contributed by atoms with E-state index in [4.69, 9.17) is 19.0 Å². The molecular weight excluding hydrogens is 400 g/mol. The fraction of sp³-hybridized carbons (Fsp3) is 0.636. The highest BCUT2D eigenvalue weighted by molar-refractivity contribution is 6.09. The van der Waals surface area contributed by atoms with E-state index in [1.54, 1.807) is 19.1 Å². The minimum atomic E-state index is -0.476. The van der Waals surface area contributed by atoms with Crippen LogP contribution in [0.25, 0.3) is 0 Å². The standard InChI is InChI=1S/C22H32N4O5/c1-22(2,3)30-21(27)26-8-6-25(7-9-26)13-19-15-12-23-16-11-18(29-5)17(28-4)10-14(16)20(15)24-31-19/h10-11,15,19,23H,6-9,12-13H2,1-5H3. The third-order valence-corrected chi connectivity index (χ3v) is 5.86. The quantitative estimate of drug-likeness (QED) is 0.782. The number of carbonyl (C=O) groups excluding carboxylic acids is 1. The minimum Gasteiger partial charge on any atom is -0.493 e. The number of anilines is 1. The Morgan fingerprint density at radius 3 is 2.48 bits per heavy atom. The van der Waals surface area contributed by atoms with E-state index in [0.717, 1.165) is 43.1 Å². The third kappa shape index (κ3) is 4.51. The summed E-state index contributed by atoms with van der Waals surface area (Å²) in [5.41, 5.74) is 2.44. The molecule has 0 radical (unpaired) electrons. The molecule has 2 unspecified atom stereocenters. The molecule has 1 fully saturated rings. The van der Waals surface area contributed by atoms with Crippen LogP contribution in [-0.4, -0.2) is 86.8 Å². The largest absolute Gasteiger partial charge is 0.493 e. The second-order valence-corrected chi connectivity index (χ2v) is 9.13. The van der Waals surface area contributed by atoms with Crippen molar-refractivity contribution < 1.29 is 23.8 Å². The van der Waals surface area contributed by atoms with Gasteiger partial charge in [-0.05, 0) is 26.8 Å². The molecule has 9 heteroatoms. The van der Waals surface area contributed by atoms with Crippen molar-refractivity contribution in [1.29, 1.82) is 0 Å². The van der Waals surface area contributed by atoms with Gasteiger partial charge >= 0.3 is 6.09 Å². The van der Waals surface area contributed by atoms with Gasteiger partial charge in [-0.15, -0.1) is 0 Å². The molecule has 1 N–H and O–H groups in total. The second-order valence-electron chi connectivity index (χ2n) is 9.13. The van der Waals surface area contributed by atoms with Crippen LogP contribution >= 0.6 is 0 Å². The molecule has 9 nitrogen and oxygen atoms in total. The number of ether oxygens (including phenoxy) is 3. The van der Waals surface area contributed by atoms with Crippen LogP contribution in [0.3, 0.4) is 0 Å². The van der Waals surface area contributed by atoms with E-state index in [-0.39, 0.29) is 18.1 Å². The van der Waals surface area contributed by atoms with Gasteiger partial charge in [-0.2, -0.15) is 0 Å². The molecule has 1 saturated heterocycles. The molecule has 1 aromatic rings. The Balaban J connectivity index is 1.36. The molecule has 4 rings (SSSR count). The average Bonchev–Trinajstić information content (AvgIpc) is 3.15. The van der Waals surface area contributed by atoms with Crippen LogP contribution in [0.2, 0.25) is 0 Å². The summed E-state index contributed by atoms with van der Waals surface area (Å²) in [6, 6.07) is 3.90. The van der Waals surface area contributed by atoms with Gasteiger partial charge in [0, 0.05) is 56.6 Å². The van der Waals surface area contributed by atoms with Gasteiger partial charge in [0.2, 0.25) is 0 Å². The van der Waals surface area contributed by atoms with Crippen molar-refractivity contribution in [1.82, 2.24) is 9.80 Å². The first-order valence-corrected chi connectivity index (χ1v) is 10.7. The van der Waals surface area contributed by atoms with Crippen molar-refractivity contribution in [3.05, 3.63) is 17.7 Å². The number of rotatable bonds is 4. The fourth-order valence-electron chi connectivity index (χ4n) is 4.23. The molecule has 3 aliphatic rings. The van der Waals surface area contributed by atoms with Crippen molar-refractivity contribution in [3.8, 4) is 11.5 Å². The monoisotopic (exact) mass is 432 g/mol. The van der Waals surface area contributed by atoms with Gasteiger partial charge < -0.3 is 29.3 Å². The predicted octanol–water partition coefficient (Wildman–Crippen LogP) is 2.40. The average molecular weight is 433 g/mol. The van der Waals surface area contributed by atoms with Gasteiger partial charge in [-0.25, -0.2) is 4.79 Å². The van der Waals surface area contributed by atoms with Gasteiger partial charge in [0.15, 0.2) is 11.5 Å². The summed E-state index contributed by atoms with van der Waals surface area (Å²) in [7, 11) is 3.26. The molecule has 0 spiro atoms. The van der Waals surface area contributed by atoms with Gasteiger partial charge in [-0.3, -0.25) is 4.90 Å². The highest BCUT2D eigenvalue weighted by Crippen LogP contribution is 2.39. The SMILES string of the molecule is COc1cc2c(cc1OC)C1=NOC(CN3CCN(C(=O)OC(C)(C)C)CC3)C1CN2. The zero-order valence-electron chi connectivity index (χ0n) is 18.9. The molecule has 1 amide bonds. The van der Waals surface area contributed by atoms with Crippen molar-refractivity contribution >= 4 is 17.5 Å². The van der Waals surface area contributed by atoms with E-state index in [2.05, 4.69) is 15.4 Å². The number of fused-ring (bicyclic) bond motifs is 3. The molecule has 2 atom stereocenters. The van der Waals surface area contributed by atoms with Crippen LogP contribution in [0.4, 0.5) is 10.5 Å². The Morgan fingerprint density at radius 1 is 1.16 bits per heavy atom. The summed E-state index contributed by atoms with van der Waals surface area (Å²) >= 11 is 0. The van der Waals surface area contributed by atoms with Crippen LogP contribution in [0.15, 0.2) is 17.3 Å². The highest BCUT2D eigenvalue weighted by Gasteiger charge is 2.40. The van der Waals surface area contributed by atoms with Gasteiger partial charge in [-0.1, -0.05) is 5.16 Å². The van der Waals surface area contributed by atoms with E-state index >= 15 is 0 Å². The lowest BCUT2D eigenvalue weighted by molar-refractivity contribution is 0.000210. The molecule has 170 valence electrons. The lowest BCUT2D eigenvalue weighted by atomic mass is 9.87. The van der Waals surface area contributed by atoms with E-state index in [9.17, 15) is 4.79 Å². The summed E-state index contributed by atoms with van der Waals surface area (Å²) < 4.78 is 16.4. The molecule has 0 aromatic heterocycles. The maximum absolute atomic E-state index is 12.3. The Bertz CT molecular complexity index is 858. The molecule has 0 saturated carbocycles. The van der Waals surface area contributed by atoms with Gasteiger partial charge in [0.1, 0.15) is 11.7 Å². The van der Waals surface area contributed by atoms with E-state index in [1.165, 1.54) is 0 Å². The summed E-state index contributed by atoms with van der Waals surface area (Å²) in [5, 5.41) is 7.92. The Kier molecular flexibility index (Phi) is 5.88. The number of hydrogen-bond acceptors (Lipinski definition) is 8. The number of piperazine rings is 1. The number of oxime groups is 1. The van der Waals surface area contributed by atoms with E-state index < -0.39 is 5.60 Å². The topological polar surface area (TPSA) is 84.9 Å². The molecular formula is C22H32N4O5. The molecule has 31 heavy (non-hydrogen) atoms. The minimum absolute atomic E-state index is 0.0307. The van der Waals surface area contributed by atoms with Crippen molar-refractivity contribution in [3.63, 3.8) is 0 Å². The number of methoxy groups -OCH3 is 2. The van der Waals surface area contributed by atoms with Crippen LogP contribution in [0.1, 0.15) is 26.3 Å². The lowest BCUT2D eigenvalue weighted by Gasteiger charge is -2.37. The molecule has 3 aliphatic heterocycles.